The van der Waals surface area contributed by atoms with Crippen molar-refractivity contribution in [2.24, 2.45) is 0 Å². The number of ether oxygens (including phenoxy) is 3. The summed E-state index contributed by atoms with van der Waals surface area (Å²) < 4.78 is 21.5. The molecular formula is C37H42ClIN6O5S. The van der Waals surface area contributed by atoms with Crippen molar-refractivity contribution in [1.82, 2.24) is 29.5 Å². The van der Waals surface area contributed by atoms with Crippen LogP contribution in [0.1, 0.15) is 36.6 Å². The van der Waals surface area contributed by atoms with Crippen molar-refractivity contribution in [1.29, 1.82) is 0 Å². The molecule has 1 aliphatic heterocycles. The molecule has 4 heterocycles. The second-order valence-corrected chi connectivity index (χ2v) is 15.8. The molecule has 0 aliphatic carbocycles. The number of halogens is 2. The van der Waals surface area contributed by atoms with Gasteiger partial charge in [0, 0.05) is 57.4 Å². The minimum Gasteiger partial charge on any atom is -0.491 e. The van der Waals surface area contributed by atoms with Gasteiger partial charge in [0.15, 0.2) is 0 Å². The predicted octanol–water partition coefficient (Wildman–Crippen LogP) is 7.20. The van der Waals surface area contributed by atoms with Crippen LogP contribution in [0.25, 0.3) is 21.3 Å². The maximum absolute atomic E-state index is 12.7. The number of fused-ring (bicyclic) bond motifs is 1. The minimum atomic E-state index is -1.24. The molecule has 51 heavy (non-hydrogen) atoms. The van der Waals surface area contributed by atoms with Crippen molar-refractivity contribution >= 4 is 61.7 Å². The van der Waals surface area contributed by atoms with Crippen molar-refractivity contribution < 1.29 is 24.1 Å². The van der Waals surface area contributed by atoms with E-state index in [0.717, 1.165) is 77.4 Å². The number of rotatable bonds is 16. The van der Waals surface area contributed by atoms with E-state index in [-0.39, 0.29) is 12.3 Å². The van der Waals surface area contributed by atoms with Crippen molar-refractivity contribution in [2.75, 3.05) is 46.4 Å². The fraction of sp³-hybridized carbons (Fsp3) is 0.405. The molecule has 6 rings (SSSR count). The number of aromatic nitrogens is 4. The van der Waals surface area contributed by atoms with E-state index in [1.807, 2.05) is 54.1 Å². The second-order valence-electron chi connectivity index (χ2n) is 12.6. The number of aliphatic carboxylic acids is 1. The molecular weight excluding hydrogens is 803 g/mol. The summed E-state index contributed by atoms with van der Waals surface area (Å²) in [5.74, 6) is 0.303. The van der Waals surface area contributed by atoms with Crippen LogP contribution in [0.3, 0.4) is 0 Å². The number of aryl methyl sites for hydroxylation is 1. The van der Waals surface area contributed by atoms with Gasteiger partial charge in [-0.1, -0.05) is 49.2 Å². The Labute approximate surface area is 320 Å². The summed E-state index contributed by atoms with van der Waals surface area (Å²) in [4.78, 5) is 27.1. The number of nitrogens with zero attached hydrogens (tertiary/aromatic N) is 6. The van der Waals surface area contributed by atoms with Gasteiger partial charge in [-0.05, 0) is 77.9 Å². The highest BCUT2D eigenvalue weighted by Crippen LogP contribution is 2.46. The Balaban J connectivity index is 1.21. The Morgan fingerprint density at radius 3 is 2.65 bits per heavy atom. The quantitative estimate of drug-likeness (QED) is 0.102. The number of hydrogen-bond donors (Lipinski definition) is 1. The van der Waals surface area contributed by atoms with Gasteiger partial charge in [0.2, 0.25) is 12.0 Å². The average molecular weight is 845 g/mol. The Bertz CT molecular complexity index is 1960. The molecule has 11 nitrogen and oxygen atoms in total. The van der Waals surface area contributed by atoms with Gasteiger partial charge in [0.1, 0.15) is 35.9 Å². The summed E-state index contributed by atoms with van der Waals surface area (Å²) in [6.07, 6.45) is 4.08. The van der Waals surface area contributed by atoms with Crippen LogP contribution < -0.4 is 14.2 Å². The van der Waals surface area contributed by atoms with Gasteiger partial charge in [-0.2, -0.15) is 5.10 Å². The summed E-state index contributed by atoms with van der Waals surface area (Å²) >= 11 is 10.7. The monoisotopic (exact) mass is 844 g/mol. The van der Waals surface area contributed by atoms with Gasteiger partial charge >= 0.3 is 5.97 Å². The highest BCUT2D eigenvalue weighted by molar-refractivity contribution is 14.1. The highest BCUT2D eigenvalue weighted by Gasteiger charge is 2.27. The highest BCUT2D eigenvalue weighted by atomic mass is 127. The zero-order valence-corrected chi connectivity index (χ0v) is 32.7. The van der Waals surface area contributed by atoms with Gasteiger partial charge < -0.3 is 24.2 Å². The van der Waals surface area contributed by atoms with Crippen LogP contribution in [0.4, 0.5) is 0 Å². The Morgan fingerprint density at radius 2 is 1.86 bits per heavy atom. The largest absolute Gasteiger partial charge is 0.491 e. The lowest BCUT2D eigenvalue weighted by atomic mass is 10.0. The Kier molecular flexibility index (Phi) is 12.7. The summed E-state index contributed by atoms with van der Waals surface area (Å²) in [6.45, 7) is 10.8. The number of likely N-dealkylation sites (N-methyl/N-ethyl adjacent to an activating group) is 1. The van der Waals surface area contributed by atoms with Crippen LogP contribution in [-0.4, -0.2) is 93.1 Å². The molecule has 0 saturated carbocycles. The van der Waals surface area contributed by atoms with Gasteiger partial charge in [-0.3, -0.25) is 9.58 Å². The molecule has 0 amide bonds. The molecule has 2 aromatic carbocycles. The van der Waals surface area contributed by atoms with Crippen molar-refractivity contribution in [3.63, 3.8) is 0 Å². The molecule has 1 atom stereocenters. The van der Waals surface area contributed by atoms with E-state index >= 15 is 0 Å². The Morgan fingerprint density at radius 1 is 1.06 bits per heavy atom. The molecule has 0 bridgehead atoms. The smallest absolute Gasteiger partial charge is 0.345 e. The van der Waals surface area contributed by atoms with E-state index in [1.165, 1.54) is 17.7 Å². The van der Waals surface area contributed by atoms with Gasteiger partial charge in [-0.25, -0.2) is 14.8 Å². The van der Waals surface area contributed by atoms with E-state index < -0.39 is 12.1 Å². The molecule has 1 fully saturated rings. The zero-order valence-electron chi connectivity index (χ0n) is 29.0. The predicted molar refractivity (Wildman–Crippen MR) is 208 cm³/mol. The molecule has 270 valence electrons. The van der Waals surface area contributed by atoms with Crippen molar-refractivity contribution in [3.8, 4) is 28.5 Å². The fourth-order valence-corrected chi connectivity index (χ4v) is 8.36. The van der Waals surface area contributed by atoms with E-state index in [2.05, 4.69) is 61.4 Å². The van der Waals surface area contributed by atoms with E-state index in [0.29, 0.717) is 45.5 Å². The van der Waals surface area contributed by atoms with Crippen LogP contribution in [0.2, 0.25) is 5.02 Å². The lowest BCUT2D eigenvalue weighted by Gasteiger charge is -2.32. The first-order valence-corrected chi connectivity index (χ1v) is 19.4. The molecule has 0 spiro atoms. The number of carbonyl (C=O) groups is 1. The topological polar surface area (TPSA) is 115 Å². The van der Waals surface area contributed by atoms with Gasteiger partial charge in [0.05, 0.1) is 19.0 Å². The number of carboxylic acid groups (broad SMARTS) is 1. The van der Waals surface area contributed by atoms with Crippen LogP contribution in [0.5, 0.6) is 17.4 Å². The lowest BCUT2D eigenvalue weighted by Crippen LogP contribution is -2.45. The standard InChI is InChI=1S/C37H42ClIN6O5S/c1-4-5-14-45-26(12-13-42-45)22-49-28-9-7-6-8-25(28)21-30(37(46)47)50-35-32-31(34(39)51-36(32)41-23-40-35)27-10-11-29(33(38)24(27)2)48-20-19-44-17-15-43(3)16-18-44/h6-13,23,30H,4-5,14-22H2,1-3H3,(H,46,47). The fourth-order valence-electron chi connectivity index (χ4n) is 6.08. The molecule has 5 aromatic rings. The van der Waals surface area contributed by atoms with E-state index in [1.54, 1.807) is 6.20 Å². The average Bonchev–Trinajstić information content (AvgIpc) is 3.72. The van der Waals surface area contributed by atoms with Crippen LogP contribution in [0, 0.1) is 9.81 Å². The molecule has 14 heteroatoms. The third kappa shape index (κ3) is 8.94. The maximum atomic E-state index is 12.7. The number of benzene rings is 2. The van der Waals surface area contributed by atoms with Gasteiger partial charge in [0.25, 0.3) is 0 Å². The minimum absolute atomic E-state index is 0.0632. The number of carboxylic acids is 1. The van der Waals surface area contributed by atoms with Crippen LogP contribution in [0.15, 0.2) is 55.0 Å². The van der Waals surface area contributed by atoms with Gasteiger partial charge in [-0.15, -0.1) is 11.3 Å². The first kappa shape index (κ1) is 37.3. The summed E-state index contributed by atoms with van der Waals surface area (Å²) in [7, 11) is 2.14. The van der Waals surface area contributed by atoms with Crippen molar-refractivity contribution in [3.05, 3.63) is 79.7 Å². The summed E-state index contributed by atoms with van der Waals surface area (Å²) in [5, 5.41) is 16.0. The number of hydrogen-bond acceptors (Lipinski definition) is 10. The second kappa shape index (κ2) is 17.3. The first-order valence-electron chi connectivity index (χ1n) is 17.1. The maximum Gasteiger partial charge on any atom is 0.345 e. The van der Waals surface area contributed by atoms with E-state index in [4.69, 9.17) is 25.8 Å². The molecule has 1 saturated heterocycles. The molecule has 1 N–H and O–H groups in total. The third-order valence-electron chi connectivity index (χ3n) is 9.10. The number of thiophene rings is 1. The third-order valence-corrected chi connectivity index (χ3v) is 11.7. The molecule has 1 unspecified atom stereocenters. The SMILES string of the molecule is CCCCn1nccc1COc1ccccc1CC(Oc1ncnc2sc(I)c(-c3ccc(OCCN4CCN(C)CC4)c(Cl)c3C)c12)C(=O)O. The van der Waals surface area contributed by atoms with Crippen molar-refractivity contribution in [2.45, 2.75) is 52.4 Å². The summed E-state index contributed by atoms with van der Waals surface area (Å²) in [5.41, 5.74) is 4.24. The van der Waals surface area contributed by atoms with E-state index in [9.17, 15) is 9.90 Å². The first-order chi connectivity index (χ1) is 24.7. The summed E-state index contributed by atoms with van der Waals surface area (Å²) in [6, 6.07) is 13.3. The zero-order chi connectivity index (χ0) is 35.9. The lowest BCUT2D eigenvalue weighted by molar-refractivity contribution is -0.145. The molecule has 0 radical (unpaired) electrons. The van der Waals surface area contributed by atoms with Crippen LogP contribution in [-0.2, 0) is 24.4 Å². The molecule has 1 aliphatic rings. The van der Waals surface area contributed by atoms with Crippen LogP contribution >= 0.6 is 45.5 Å². The number of unbranched alkanes of at least 4 members (excludes halogenated alkanes) is 1. The number of piperazine rings is 1. The number of para-hydroxylation sites is 1. The normalized spacial score (nSPS) is 14.5. The Hall–Kier alpha value is -3.50. The molecule has 3 aromatic heterocycles.